The van der Waals surface area contributed by atoms with Gasteiger partial charge in [-0.25, -0.2) is 10.2 Å². The molecule has 0 saturated carbocycles. The monoisotopic (exact) mass is 318 g/mol. The Kier molecular flexibility index (Phi) is 5.05. The Balaban J connectivity index is 1.98. The molecule has 2 aromatic rings. The second-order valence-electron chi connectivity index (χ2n) is 4.15. The van der Waals surface area contributed by atoms with Crippen molar-refractivity contribution in [1.29, 1.82) is 0 Å². The lowest BCUT2D eigenvalue weighted by atomic mass is 10.2. The molecule has 2 N–H and O–H groups in total. The first-order valence-electron chi connectivity index (χ1n) is 6.15. The number of nitrogens with zero attached hydrogens (tertiary/aromatic N) is 2. The maximum absolute atomic E-state index is 11.6. The number of urea groups is 1. The number of carbonyl (C=O) groups is 1. The minimum Gasteiger partial charge on any atom is -0.306 e. The van der Waals surface area contributed by atoms with Crippen molar-refractivity contribution in [2.75, 3.05) is 5.32 Å². The molecule has 7 nitrogen and oxygen atoms in total. The van der Waals surface area contributed by atoms with Crippen LogP contribution < -0.4 is 10.7 Å². The van der Waals surface area contributed by atoms with E-state index in [1.807, 2.05) is 0 Å². The molecule has 0 aromatic heterocycles. The van der Waals surface area contributed by atoms with Gasteiger partial charge < -0.3 is 5.32 Å². The smallest absolute Gasteiger partial charge is 0.306 e. The van der Waals surface area contributed by atoms with Crippen molar-refractivity contribution in [3.05, 3.63) is 69.2 Å². The second kappa shape index (κ2) is 7.19. The quantitative estimate of drug-likeness (QED) is 0.513. The van der Waals surface area contributed by atoms with Gasteiger partial charge in [0.15, 0.2) is 0 Å². The Labute approximate surface area is 130 Å². The lowest BCUT2D eigenvalue weighted by Gasteiger charge is -2.04. The minimum atomic E-state index is -0.586. The van der Waals surface area contributed by atoms with Crippen molar-refractivity contribution in [3.63, 3.8) is 0 Å². The Hall–Kier alpha value is -2.93. The van der Waals surface area contributed by atoms with Gasteiger partial charge in [0.05, 0.1) is 16.7 Å². The second-order valence-corrected chi connectivity index (χ2v) is 4.59. The Morgan fingerprint density at radius 1 is 1.23 bits per heavy atom. The number of anilines is 1. The first-order valence-corrected chi connectivity index (χ1v) is 6.53. The molecular weight excluding hydrogens is 308 g/mol. The van der Waals surface area contributed by atoms with Crippen LogP contribution in [0.3, 0.4) is 0 Å². The largest absolute Gasteiger partial charge is 0.339 e. The topological polar surface area (TPSA) is 96.6 Å². The highest BCUT2D eigenvalue weighted by Gasteiger charge is 2.10. The number of hydrazone groups is 1. The molecule has 0 radical (unpaired) electrons. The first-order chi connectivity index (χ1) is 10.6. The molecule has 0 heterocycles. The number of nitro groups is 1. The van der Waals surface area contributed by atoms with Crippen LogP contribution in [0.1, 0.15) is 5.56 Å². The van der Waals surface area contributed by atoms with E-state index in [0.717, 1.165) is 0 Å². The average molecular weight is 319 g/mol. The van der Waals surface area contributed by atoms with Gasteiger partial charge in [-0.15, -0.1) is 0 Å². The zero-order valence-electron chi connectivity index (χ0n) is 11.2. The van der Waals surface area contributed by atoms with Crippen LogP contribution in [0.4, 0.5) is 16.2 Å². The van der Waals surface area contributed by atoms with E-state index < -0.39 is 11.0 Å². The zero-order valence-corrected chi connectivity index (χ0v) is 11.9. The van der Waals surface area contributed by atoms with Crippen LogP contribution >= 0.6 is 11.6 Å². The fourth-order valence-corrected chi connectivity index (χ4v) is 1.84. The summed E-state index contributed by atoms with van der Waals surface area (Å²) < 4.78 is 0. The highest BCUT2D eigenvalue weighted by Crippen LogP contribution is 2.15. The summed E-state index contributed by atoms with van der Waals surface area (Å²) in [6.45, 7) is 0. The van der Waals surface area contributed by atoms with Gasteiger partial charge >= 0.3 is 6.03 Å². The van der Waals surface area contributed by atoms with Crippen molar-refractivity contribution >= 4 is 35.2 Å². The van der Waals surface area contributed by atoms with Gasteiger partial charge in [0.25, 0.3) is 5.69 Å². The number of benzene rings is 2. The maximum Gasteiger partial charge on any atom is 0.339 e. The molecule has 8 heteroatoms. The number of halogens is 1. The summed E-state index contributed by atoms with van der Waals surface area (Å²) in [6, 6.07) is 12.1. The number of nitro benzene ring substituents is 1. The highest BCUT2D eigenvalue weighted by molar-refractivity contribution is 6.30. The molecule has 2 amide bonds. The summed E-state index contributed by atoms with van der Waals surface area (Å²) in [7, 11) is 0. The van der Waals surface area contributed by atoms with Crippen LogP contribution in [-0.2, 0) is 0 Å². The molecule has 0 saturated heterocycles. The van der Waals surface area contributed by atoms with E-state index in [1.165, 1.54) is 18.3 Å². The molecule has 0 bridgehead atoms. The molecule has 22 heavy (non-hydrogen) atoms. The van der Waals surface area contributed by atoms with Gasteiger partial charge in [0.2, 0.25) is 0 Å². The lowest BCUT2D eigenvalue weighted by molar-refractivity contribution is -0.385. The van der Waals surface area contributed by atoms with Crippen LogP contribution in [0.25, 0.3) is 0 Å². The summed E-state index contributed by atoms with van der Waals surface area (Å²) in [5.41, 5.74) is 2.92. The third-order valence-electron chi connectivity index (χ3n) is 2.59. The van der Waals surface area contributed by atoms with Crippen LogP contribution in [0.5, 0.6) is 0 Å². The van der Waals surface area contributed by atoms with E-state index in [0.29, 0.717) is 10.7 Å². The third-order valence-corrected chi connectivity index (χ3v) is 2.82. The Morgan fingerprint density at radius 2 is 2.00 bits per heavy atom. The van der Waals surface area contributed by atoms with Crippen LogP contribution in [0.2, 0.25) is 5.02 Å². The van der Waals surface area contributed by atoms with Crippen molar-refractivity contribution in [3.8, 4) is 0 Å². The Bertz CT molecular complexity index is 734. The molecule has 0 spiro atoms. The molecule has 0 fully saturated rings. The maximum atomic E-state index is 11.6. The van der Waals surface area contributed by atoms with E-state index >= 15 is 0 Å². The summed E-state index contributed by atoms with van der Waals surface area (Å²) in [6.07, 6.45) is 1.20. The molecule has 0 aliphatic heterocycles. The summed E-state index contributed by atoms with van der Waals surface area (Å²) in [5, 5.41) is 17.5. The van der Waals surface area contributed by atoms with Gasteiger partial charge in [0, 0.05) is 16.8 Å². The fraction of sp³-hybridized carbons (Fsp3) is 0. The van der Waals surface area contributed by atoms with Crippen molar-refractivity contribution in [1.82, 2.24) is 5.43 Å². The van der Waals surface area contributed by atoms with Crippen LogP contribution in [-0.4, -0.2) is 17.2 Å². The molecule has 2 aromatic carbocycles. The van der Waals surface area contributed by atoms with Gasteiger partial charge in [-0.2, -0.15) is 5.10 Å². The molecular formula is C14H11ClN4O3. The molecule has 0 aliphatic rings. The van der Waals surface area contributed by atoms with Crippen molar-refractivity contribution < 1.29 is 9.72 Å². The number of para-hydroxylation sites is 1. The number of hydrogen-bond acceptors (Lipinski definition) is 4. The number of carbonyl (C=O) groups excluding carboxylic acids is 1. The van der Waals surface area contributed by atoms with E-state index in [-0.39, 0.29) is 11.3 Å². The molecule has 0 aliphatic carbocycles. The fourth-order valence-electron chi connectivity index (χ4n) is 1.65. The molecule has 0 unspecified atom stereocenters. The Morgan fingerprint density at radius 3 is 2.73 bits per heavy atom. The van der Waals surface area contributed by atoms with Gasteiger partial charge in [-0.1, -0.05) is 29.8 Å². The number of amides is 2. The lowest BCUT2D eigenvalue weighted by Crippen LogP contribution is -2.24. The summed E-state index contributed by atoms with van der Waals surface area (Å²) in [4.78, 5) is 21.9. The molecule has 2 rings (SSSR count). The van der Waals surface area contributed by atoms with Gasteiger partial charge in [-0.3, -0.25) is 10.1 Å². The first kappa shape index (κ1) is 15.5. The van der Waals surface area contributed by atoms with E-state index in [1.54, 1.807) is 36.4 Å². The molecule has 0 atom stereocenters. The van der Waals surface area contributed by atoms with E-state index in [4.69, 9.17) is 11.6 Å². The summed E-state index contributed by atoms with van der Waals surface area (Å²) >= 11 is 5.79. The number of nitrogens with one attached hydrogen (secondary N) is 2. The van der Waals surface area contributed by atoms with E-state index in [9.17, 15) is 14.9 Å². The predicted molar refractivity (Wildman–Crippen MR) is 84.3 cm³/mol. The van der Waals surface area contributed by atoms with Crippen LogP contribution in [0.15, 0.2) is 53.6 Å². The average Bonchev–Trinajstić information content (AvgIpc) is 2.47. The zero-order chi connectivity index (χ0) is 15.9. The molecule has 112 valence electrons. The van der Waals surface area contributed by atoms with Gasteiger partial charge in [0.1, 0.15) is 0 Å². The number of hydrogen-bond donors (Lipinski definition) is 2. The summed E-state index contributed by atoms with van der Waals surface area (Å²) in [5.74, 6) is 0. The SMILES string of the molecule is O=C(N/N=C\c1ccccc1[N+](=O)[O-])Nc1cccc(Cl)c1. The third kappa shape index (κ3) is 4.29. The standard InChI is InChI=1S/C14H11ClN4O3/c15-11-5-3-6-12(8-11)17-14(20)18-16-9-10-4-1-2-7-13(10)19(21)22/h1-9H,(H2,17,18,20)/b16-9-. The van der Waals surface area contributed by atoms with Crippen LogP contribution in [0, 0.1) is 10.1 Å². The number of rotatable bonds is 4. The highest BCUT2D eigenvalue weighted by atomic mass is 35.5. The minimum absolute atomic E-state index is 0.0942. The van der Waals surface area contributed by atoms with Crippen molar-refractivity contribution in [2.45, 2.75) is 0 Å². The van der Waals surface area contributed by atoms with Crippen molar-refractivity contribution in [2.24, 2.45) is 5.10 Å². The van der Waals surface area contributed by atoms with E-state index in [2.05, 4.69) is 15.8 Å². The normalized spacial score (nSPS) is 10.4. The van der Waals surface area contributed by atoms with Gasteiger partial charge in [-0.05, 0) is 24.3 Å². The predicted octanol–water partition coefficient (Wildman–Crippen LogP) is 3.40.